The standard InChI is InChI=1S/C22H34ClN3O2.HI/c1-24-22(25-13-4-5-18-7-9-19(23)10-8-18)26-14-11-20(12-15-26)28-17-21-6-2-3-16-27-21;/h7-10,20-21H,2-6,11-17H2,1H3,(H,24,25);1H. The van der Waals surface area contributed by atoms with Gasteiger partial charge in [-0.15, -0.1) is 24.0 Å². The van der Waals surface area contributed by atoms with E-state index in [2.05, 4.69) is 27.3 Å². The van der Waals surface area contributed by atoms with E-state index in [1.54, 1.807) is 0 Å². The molecule has 1 atom stereocenters. The fourth-order valence-electron chi connectivity index (χ4n) is 3.89. The molecule has 164 valence electrons. The SMILES string of the molecule is CN=C(NCCCc1ccc(Cl)cc1)N1CCC(OCC2CCCCO2)CC1.I. The number of hydrogen-bond donors (Lipinski definition) is 1. The predicted molar refractivity (Wildman–Crippen MR) is 131 cm³/mol. The van der Waals surface area contributed by atoms with Crippen LogP contribution in [0.15, 0.2) is 29.3 Å². The van der Waals surface area contributed by atoms with Crippen molar-refractivity contribution in [2.75, 3.05) is 39.9 Å². The van der Waals surface area contributed by atoms with E-state index in [0.717, 1.165) is 75.9 Å². The largest absolute Gasteiger partial charge is 0.376 e. The molecule has 0 aromatic heterocycles. The fraction of sp³-hybridized carbons (Fsp3) is 0.682. The van der Waals surface area contributed by atoms with Crippen molar-refractivity contribution in [2.45, 2.75) is 57.2 Å². The number of aryl methyl sites for hydroxylation is 1. The summed E-state index contributed by atoms with van der Waals surface area (Å²) in [5.41, 5.74) is 1.32. The van der Waals surface area contributed by atoms with Gasteiger partial charge < -0.3 is 19.7 Å². The molecule has 29 heavy (non-hydrogen) atoms. The normalized spacial score (nSPS) is 21.0. The smallest absolute Gasteiger partial charge is 0.193 e. The molecule has 0 amide bonds. The van der Waals surface area contributed by atoms with Crippen LogP contribution in [-0.4, -0.2) is 63.0 Å². The van der Waals surface area contributed by atoms with Crippen LogP contribution in [0.3, 0.4) is 0 Å². The summed E-state index contributed by atoms with van der Waals surface area (Å²) in [5, 5.41) is 4.30. The quantitative estimate of drug-likeness (QED) is 0.241. The van der Waals surface area contributed by atoms with Gasteiger partial charge >= 0.3 is 0 Å². The first-order valence-electron chi connectivity index (χ1n) is 10.7. The van der Waals surface area contributed by atoms with Crippen molar-refractivity contribution in [1.82, 2.24) is 10.2 Å². The molecule has 1 aromatic rings. The zero-order valence-electron chi connectivity index (χ0n) is 17.4. The minimum Gasteiger partial charge on any atom is -0.376 e. The number of hydrogen-bond acceptors (Lipinski definition) is 3. The minimum absolute atomic E-state index is 0. The Kier molecular flexibility index (Phi) is 11.6. The molecule has 1 unspecified atom stereocenters. The van der Waals surface area contributed by atoms with Gasteiger partial charge in [-0.05, 0) is 62.6 Å². The molecule has 1 aromatic carbocycles. The molecule has 0 bridgehead atoms. The van der Waals surface area contributed by atoms with E-state index in [4.69, 9.17) is 21.1 Å². The number of guanidine groups is 1. The van der Waals surface area contributed by atoms with Gasteiger partial charge in [0.2, 0.25) is 0 Å². The highest BCUT2D eigenvalue weighted by Crippen LogP contribution is 2.18. The molecule has 0 spiro atoms. The third kappa shape index (κ3) is 8.59. The van der Waals surface area contributed by atoms with E-state index in [1.165, 1.54) is 18.4 Å². The summed E-state index contributed by atoms with van der Waals surface area (Å²) >= 11 is 5.94. The summed E-state index contributed by atoms with van der Waals surface area (Å²) < 4.78 is 11.9. The maximum absolute atomic E-state index is 6.12. The number of aliphatic imine (C=N–C) groups is 1. The molecule has 2 heterocycles. The van der Waals surface area contributed by atoms with Crippen LogP contribution in [0, 0.1) is 0 Å². The van der Waals surface area contributed by atoms with Crippen LogP contribution in [0.4, 0.5) is 0 Å². The highest BCUT2D eigenvalue weighted by atomic mass is 127. The van der Waals surface area contributed by atoms with E-state index in [1.807, 2.05) is 19.2 Å². The number of ether oxygens (including phenoxy) is 2. The van der Waals surface area contributed by atoms with Gasteiger partial charge in [-0.25, -0.2) is 0 Å². The first-order chi connectivity index (χ1) is 13.7. The molecule has 7 heteroatoms. The van der Waals surface area contributed by atoms with Gasteiger partial charge in [0.15, 0.2) is 5.96 Å². The minimum atomic E-state index is 0. The molecule has 1 N–H and O–H groups in total. The van der Waals surface area contributed by atoms with Crippen LogP contribution in [0.2, 0.25) is 5.02 Å². The first kappa shape index (κ1) is 24.7. The lowest BCUT2D eigenvalue weighted by Crippen LogP contribution is -2.47. The molecule has 2 aliphatic rings. The molecule has 2 aliphatic heterocycles. The van der Waals surface area contributed by atoms with Crippen LogP contribution in [0.25, 0.3) is 0 Å². The summed E-state index contributed by atoms with van der Waals surface area (Å²) in [6.45, 7) is 4.56. The maximum Gasteiger partial charge on any atom is 0.193 e. The van der Waals surface area contributed by atoms with Crippen molar-refractivity contribution in [1.29, 1.82) is 0 Å². The van der Waals surface area contributed by atoms with Gasteiger partial charge in [0.05, 0.1) is 18.8 Å². The first-order valence-corrected chi connectivity index (χ1v) is 11.1. The number of halogens is 2. The van der Waals surface area contributed by atoms with E-state index in [9.17, 15) is 0 Å². The second-order valence-electron chi connectivity index (χ2n) is 7.71. The Bertz CT molecular complexity index is 601. The van der Waals surface area contributed by atoms with Gasteiger partial charge in [-0.1, -0.05) is 23.7 Å². The average Bonchev–Trinajstić information content (AvgIpc) is 2.75. The molecule has 3 rings (SSSR count). The topological polar surface area (TPSA) is 46.1 Å². The molecular weight excluding hydrogens is 501 g/mol. The second kappa shape index (κ2) is 13.7. The summed E-state index contributed by atoms with van der Waals surface area (Å²) in [6, 6.07) is 8.10. The Morgan fingerprint density at radius 2 is 1.97 bits per heavy atom. The van der Waals surface area contributed by atoms with Crippen molar-refractivity contribution in [3.05, 3.63) is 34.9 Å². The number of nitrogens with zero attached hydrogens (tertiary/aromatic N) is 2. The van der Waals surface area contributed by atoms with Crippen LogP contribution in [0.5, 0.6) is 0 Å². The molecule has 2 fully saturated rings. The Morgan fingerprint density at radius 3 is 2.62 bits per heavy atom. The molecule has 0 radical (unpaired) electrons. The van der Waals surface area contributed by atoms with Crippen molar-refractivity contribution in [3.8, 4) is 0 Å². The van der Waals surface area contributed by atoms with E-state index in [0.29, 0.717) is 12.2 Å². The molecule has 0 aliphatic carbocycles. The number of piperidine rings is 1. The van der Waals surface area contributed by atoms with Crippen molar-refractivity contribution in [3.63, 3.8) is 0 Å². The Labute approximate surface area is 197 Å². The Hall–Kier alpha value is -0.570. The number of rotatable bonds is 7. The lowest BCUT2D eigenvalue weighted by molar-refractivity contribution is -0.0721. The fourth-order valence-corrected chi connectivity index (χ4v) is 4.02. The number of likely N-dealkylation sites (tertiary alicyclic amines) is 1. The van der Waals surface area contributed by atoms with Gasteiger partial charge in [0, 0.05) is 38.3 Å². The summed E-state index contributed by atoms with van der Waals surface area (Å²) in [4.78, 5) is 6.81. The number of nitrogens with one attached hydrogen (secondary N) is 1. The summed E-state index contributed by atoms with van der Waals surface area (Å²) in [6.07, 6.45) is 8.49. The summed E-state index contributed by atoms with van der Waals surface area (Å²) in [7, 11) is 1.87. The van der Waals surface area contributed by atoms with Crippen LogP contribution >= 0.6 is 35.6 Å². The summed E-state index contributed by atoms with van der Waals surface area (Å²) in [5.74, 6) is 1.00. The lowest BCUT2D eigenvalue weighted by Gasteiger charge is -2.35. The van der Waals surface area contributed by atoms with E-state index < -0.39 is 0 Å². The van der Waals surface area contributed by atoms with Crippen LogP contribution in [-0.2, 0) is 15.9 Å². The van der Waals surface area contributed by atoms with Crippen molar-refractivity contribution < 1.29 is 9.47 Å². The zero-order chi connectivity index (χ0) is 19.6. The number of benzene rings is 1. The van der Waals surface area contributed by atoms with Gasteiger partial charge in [0.25, 0.3) is 0 Å². The molecule has 0 saturated carbocycles. The third-order valence-electron chi connectivity index (χ3n) is 5.58. The van der Waals surface area contributed by atoms with Gasteiger partial charge in [-0.3, -0.25) is 4.99 Å². The second-order valence-corrected chi connectivity index (χ2v) is 8.15. The predicted octanol–water partition coefficient (Wildman–Crippen LogP) is 4.52. The highest BCUT2D eigenvalue weighted by Gasteiger charge is 2.23. The molecule has 2 saturated heterocycles. The lowest BCUT2D eigenvalue weighted by atomic mass is 10.1. The van der Waals surface area contributed by atoms with E-state index >= 15 is 0 Å². The Morgan fingerprint density at radius 1 is 1.21 bits per heavy atom. The van der Waals surface area contributed by atoms with Crippen molar-refractivity contribution >= 4 is 41.5 Å². The molecular formula is C22H35ClIN3O2. The maximum atomic E-state index is 6.12. The third-order valence-corrected chi connectivity index (χ3v) is 5.84. The van der Waals surface area contributed by atoms with Crippen LogP contribution in [0.1, 0.15) is 44.1 Å². The van der Waals surface area contributed by atoms with Gasteiger partial charge in [0.1, 0.15) is 0 Å². The van der Waals surface area contributed by atoms with Crippen molar-refractivity contribution in [2.24, 2.45) is 4.99 Å². The monoisotopic (exact) mass is 535 g/mol. The Balaban J connectivity index is 0.00000300. The molecule has 5 nitrogen and oxygen atoms in total. The zero-order valence-corrected chi connectivity index (χ0v) is 20.5. The van der Waals surface area contributed by atoms with E-state index in [-0.39, 0.29) is 24.0 Å². The van der Waals surface area contributed by atoms with Crippen LogP contribution < -0.4 is 5.32 Å². The average molecular weight is 536 g/mol. The highest BCUT2D eigenvalue weighted by molar-refractivity contribution is 14.0. The van der Waals surface area contributed by atoms with Gasteiger partial charge in [-0.2, -0.15) is 0 Å².